The number of carbonyl (C=O) groups is 1. The van der Waals surface area contributed by atoms with E-state index in [9.17, 15) is 30.1 Å². The zero-order valence-corrected chi connectivity index (χ0v) is 11.8. The van der Waals surface area contributed by atoms with Crippen LogP contribution >= 0.6 is 0 Å². The molecule has 0 spiro atoms. The average Bonchev–Trinajstić information content (AvgIpc) is 2.97. The van der Waals surface area contributed by atoms with Gasteiger partial charge in [0.1, 0.15) is 17.2 Å². The molecule has 0 N–H and O–H groups in total. The van der Waals surface area contributed by atoms with Gasteiger partial charge in [-0.3, -0.25) is 25.0 Å². The monoisotopic (exact) mass is 327 g/mol. The minimum absolute atomic E-state index is 0.199. The van der Waals surface area contributed by atoms with Crippen molar-refractivity contribution in [3.63, 3.8) is 0 Å². The molecule has 24 heavy (non-hydrogen) atoms. The molecular weight excluding hydrogens is 320 g/mol. The zero-order valence-electron chi connectivity index (χ0n) is 11.8. The lowest BCUT2D eigenvalue weighted by molar-refractivity contribution is -0.415. The van der Waals surface area contributed by atoms with E-state index in [-0.39, 0.29) is 22.1 Å². The minimum atomic E-state index is -1.37. The Morgan fingerprint density at radius 2 is 1.71 bits per heavy atom. The van der Waals surface area contributed by atoms with Gasteiger partial charge in [-0.2, -0.15) is 0 Å². The van der Waals surface area contributed by atoms with E-state index in [0.717, 1.165) is 12.3 Å². The fourth-order valence-electron chi connectivity index (χ4n) is 2.37. The van der Waals surface area contributed by atoms with E-state index < -0.39 is 32.8 Å². The third kappa shape index (κ3) is 2.24. The number of fused-ring (bicyclic) bond motifs is 1. The van der Waals surface area contributed by atoms with Crippen molar-refractivity contribution in [3.8, 4) is 5.75 Å². The highest BCUT2D eigenvalue weighted by Gasteiger charge is 2.29. The summed E-state index contributed by atoms with van der Waals surface area (Å²) in [4.78, 5) is 32.6. The van der Waals surface area contributed by atoms with Crippen molar-refractivity contribution >= 4 is 28.1 Å². The fourth-order valence-corrected chi connectivity index (χ4v) is 2.37. The Labute approximate surface area is 133 Å². The highest BCUT2D eigenvalue weighted by atomic mass is 16.6. The molecule has 9 heteroatoms. The molecule has 0 bridgehead atoms. The molecule has 1 aromatic heterocycles. The van der Waals surface area contributed by atoms with Gasteiger partial charge in [-0.1, -0.05) is 30.3 Å². The van der Waals surface area contributed by atoms with E-state index in [4.69, 9.17) is 4.42 Å². The van der Waals surface area contributed by atoms with Crippen LogP contribution in [0.3, 0.4) is 0 Å². The molecule has 1 heterocycles. The summed E-state index contributed by atoms with van der Waals surface area (Å²) < 4.78 is 5.06. The molecule has 0 amide bonds. The van der Waals surface area contributed by atoms with Crippen molar-refractivity contribution < 1.29 is 24.2 Å². The van der Waals surface area contributed by atoms with Crippen LogP contribution in [0.5, 0.6) is 5.75 Å². The summed E-state index contributed by atoms with van der Waals surface area (Å²) in [5.74, 6) is -1.97. The predicted octanol–water partition coefficient (Wildman–Crippen LogP) is 2.55. The lowest BCUT2D eigenvalue weighted by Gasteiger charge is -2.08. The van der Waals surface area contributed by atoms with Crippen LogP contribution in [0, 0.1) is 20.2 Å². The Morgan fingerprint density at radius 1 is 1.04 bits per heavy atom. The Morgan fingerprint density at radius 3 is 2.29 bits per heavy atom. The first kappa shape index (κ1) is 15.2. The standard InChI is InChI=1S/C15H8N2O7/c18-14(8-4-2-1-3-5-8)9-7-24-11-6-10(16(20)21)15(19)13(12(9)11)17(22)23/h1-7,19H/p-1. The molecule has 0 fully saturated rings. The van der Waals surface area contributed by atoms with Gasteiger partial charge < -0.3 is 9.52 Å². The first-order valence-corrected chi connectivity index (χ1v) is 6.55. The molecule has 3 rings (SSSR count). The van der Waals surface area contributed by atoms with Gasteiger partial charge in [0.25, 0.3) is 11.4 Å². The Kier molecular flexibility index (Phi) is 3.45. The minimum Gasteiger partial charge on any atom is -0.863 e. The highest BCUT2D eigenvalue weighted by Crippen LogP contribution is 2.42. The second kappa shape index (κ2) is 5.47. The first-order chi connectivity index (χ1) is 11.4. The van der Waals surface area contributed by atoms with Gasteiger partial charge >= 0.3 is 0 Å². The normalized spacial score (nSPS) is 10.7. The van der Waals surface area contributed by atoms with Crippen LogP contribution in [0.25, 0.3) is 11.0 Å². The largest absolute Gasteiger partial charge is 0.863 e. The van der Waals surface area contributed by atoms with Crippen molar-refractivity contribution in [2.24, 2.45) is 0 Å². The number of nitrogens with zero attached hydrogens (tertiary/aromatic N) is 2. The molecule has 9 nitrogen and oxygen atoms in total. The van der Waals surface area contributed by atoms with Gasteiger partial charge in [-0.05, 0) is 0 Å². The van der Waals surface area contributed by atoms with E-state index in [1.165, 1.54) is 12.1 Å². The Balaban J connectivity index is 2.33. The molecular formula is C15H7N2O7-. The number of hydrogen-bond donors (Lipinski definition) is 0. The van der Waals surface area contributed by atoms with E-state index in [0.29, 0.717) is 0 Å². The summed E-state index contributed by atoms with van der Waals surface area (Å²) in [5.41, 5.74) is -2.27. The topological polar surface area (TPSA) is 140 Å². The van der Waals surface area contributed by atoms with Crippen molar-refractivity contribution in [1.29, 1.82) is 0 Å². The van der Waals surface area contributed by atoms with Crippen LogP contribution in [0.4, 0.5) is 11.4 Å². The van der Waals surface area contributed by atoms with Crippen molar-refractivity contribution in [2.45, 2.75) is 0 Å². The van der Waals surface area contributed by atoms with E-state index >= 15 is 0 Å². The molecule has 0 atom stereocenters. The number of carbonyl (C=O) groups excluding carboxylic acids is 1. The number of nitro groups is 2. The van der Waals surface area contributed by atoms with Gasteiger partial charge in [0.15, 0.2) is 5.78 Å². The SMILES string of the molecule is O=C(c1ccccc1)c1coc2cc([N+](=O)[O-])c([O-])c([N+](=O)[O-])c12. The quantitative estimate of drug-likeness (QED) is 0.407. The molecule has 120 valence electrons. The van der Waals surface area contributed by atoms with Crippen LogP contribution in [-0.2, 0) is 0 Å². The number of benzene rings is 2. The molecule has 2 aromatic carbocycles. The molecule has 0 aliphatic heterocycles. The smallest absolute Gasteiger partial charge is 0.280 e. The highest BCUT2D eigenvalue weighted by molar-refractivity contribution is 6.18. The molecule has 0 aliphatic rings. The third-order valence-corrected chi connectivity index (χ3v) is 3.43. The molecule has 0 unspecified atom stereocenters. The van der Waals surface area contributed by atoms with Gasteiger partial charge in [0.05, 0.1) is 27.2 Å². The van der Waals surface area contributed by atoms with Gasteiger partial charge in [0, 0.05) is 5.56 Å². The van der Waals surface area contributed by atoms with Crippen LogP contribution in [-0.4, -0.2) is 15.6 Å². The number of rotatable bonds is 4. The van der Waals surface area contributed by atoms with Crippen LogP contribution in [0.15, 0.2) is 47.1 Å². The van der Waals surface area contributed by atoms with E-state index in [1.807, 2.05) is 0 Å². The maximum atomic E-state index is 12.5. The van der Waals surface area contributed by atoms with E-state index in [1.54, 1.807) is 18.2 Å². The Bertz CT molecular complexity index is 992. The zero-order chi connectivity index (χ0) is 17.4. The van der Waals surface area contributed by atoms with Crippen molar-refractivity contribution in [1.82, 2.24) is 0 Å². The summed E-state index contributed by atoms with van der Waals surface area (Å²) in [6, 6.07) is 8.67. The summed E-state index contributed by atoms with van der Waals surface area (Å²) >= 11 is 0. The number of furan rings is 1. The summed E-state index contributed by atoms with van der Waals surface area (Å²) in [7, 11) is 0. The van der Waals surface area contributed by atoms with E-state index in [2.05, 4.69) is 0 Å². The molecule has 0 aliphatic carbocycles. The fraction of sp³-hybridized carbons (Fsp3) is 0. The van der Waals surface area contributed by atoms with Crippen LogP contribution < -0.4 is 5.11 Å². The van der Waals surface area contributed by atoms with Gasteiger partial charge in [-0.25, -0.2) is 0 Å². The summed E-state index contributed by atoms with van der Waals surface area (Å²) in [6.07, 6.45) is 0.955. The van der Waals surface area contributed by atoms with Gasteiger partial charge in [-0.15, -0.1) is 0 Å². The van der Waals surface area contributed by atoms with Crippen LogP contribution in [0.2, 0.25) is 0 Å². The molecule has 0 saturated carbocycles. The van der Waals surface area contributed by atoms with Crippen molar-refractivity contribution in [3.05, 3.63) is 74.0 Å². The predicted molar refractivity (Wildman–Crippen MR) is 78.8 cm³/mol. The Hall–Kier alpha value is -3.75. The summed E-state index contributed by atoms with van der Waals surface area (Å²) in [6.45, 7) is 0. The maximum absolute atomic E-state index is 12.5. The molecule has 0 radical (unpaired) electrons. The second-order valence-corrected chi connectivity index (χ2v) is 4.81. The maximum Gasteiger partial charge on any atom is 0.280 e. The second-order valence-electron chi connectivity index (χ2n) is 4.81. The number of nitro benzene ring substituents is 2. The number of hydrogen-bond acceptors (Lipinski definition) is 7. The third-order valence-electron chi connectivity index (χ3n) is 3.43. The first-order valence-electron chi connectivity index (χ1n) is 6.55. The lowest BCUT2D eigenvalue weighted by atomic mass is 10.0. The summed E-state index contributed by atoms with van der Waals surface area (Å²) in [5, 5.41) is 33.8. The average molecular weight is 327 g/mol. The molecule has 3 aromatic rings. The van der Waals surface area contributed by atoms with Crippen molar-refractivity contribution in [2.75, 3.05) is 0 Å². The lowest BCUT2D eigenvalue weighted by Crippen LogP contribution is -2.05. The molecule has 0 saturated heterocycles. The number of ketones is 1. The van der Waals surface area contributed by atoms with Crippen LogP contribution in [0.1, 0.15) is 15.9 Å². The van der Waals surface area contributed by atoms with Gasteiger partial charge in [0.2, 0.25) is 0 Å².